The van der Waals surface area contributed by atoms with Crippen LogP contribution in [-0.4, -0.2) is 55.8 Å². The van der Waals surface area contributed by atoms with E-state index in [4.69, 9.17) is 11.6 Å². The number of rotatable bonds is 6. The van der Waals surface area contributed by atoms with Crippen molar-refractivity contribution in [2.75, 3.05) is 26.2 Å². The van der Waals surface area contributed by atoms with Gasteiger partial charge in [0.25, 0.3) is 0 Å². The monoisotopic (exact) mass is 451 g/mol. The van der Waals surface area contributed by atoms with Gasteiger partial charge in [0.15, 0.2) is 0 Å². The smallest absolute Gasteiger partial charge is 0.243 e. The third-order valence-corrected chi connectivity index (χ3v) is 7.64. The average Bonchev–Trinajstić information content (AvgIpc) is 3.55. The molecule has 160 valence electrons. The van der Waals surface area contributed by atoms with Crippen LogP contribution >= 0.6 is 11.6 Å². The standard InChI is InChI=1S/C21H23ClFN3O3S/c22-18-14-17(8-9-19(18)23)30(28,29)26-12-10-25(11-13-26)20(15-4-2-1-3-5-15)21(27)24-16-6-7-16/h1-5,8-9,14,16,20H,6-7,10-13H2,(H,24,27). The van der Waals surface area contributed by atoms with Crippen LogP contribution in [0.4, 0.5) is 4.39 Å². The first-order chi connectivity index (χ1) is 14.4. The molecule has 2 aromatic carbocycles. The van der Waals surface area contributed by atoms with E-state index < -0.39 is 21.9 Å². The molecule has 30 heavy (non-hydrogen) atoms. The lowest BCUT2D eigenvalue weighted by Gasteiger charge is -2.38. The molecule has 0 aromatic heterocycles. The lowest BCUT2D eigenvalue weighted by molar-refractivity contribution is -0.127. The Kier molecular flexibility index (Phi) is 6.11. The second kappa shape index (κ2) is 8.63. The summed E-state index contributed by atoms with van der Waals surface area (Å²) in [6.45, 7) is 1.28. The number of nitrogens with zero attached hydrogens (tertiary/aromatic N) is 2. The fourth-order valence-corrected chi connectivity index (χ4v) is 5.35. The number of hydrogen-bond donors (Lipinski definition) is 1. The first-order valence-electron chi connectivity index (χ1n) is 9.91. The summed E-state index contributed by atoms with van der Waals surface area (Å²) in [5.74, 6) is -0.710. The van der Waals surface area contributed by atoms with E-state index in [2.05, 4.69) is 5.32 Å². The first kappa shape index (κ1) is 21.2. The third-order valence-electron chi connectivity index (χ3n) is 5.45. The molecule has 1 N–H and O–H groups in total. The zero-order valence-electron chi connectivity index (χ0n) is 16.3. The summed E-state index contributed by atoms with van der Waals surface area (Å²) in [4.78, 5) is 14.9. The molecular formula is C21H23ClFN3O3S. The fraction of sp³-hybridized carbons (Fsp3) is 0.381. The highest BCUT2D eigenvalue weighted by molar-refractivity contribution is 7.89. The molecule has 2 aliphatic rings. The molecule has 1 unspecified atom stereocenters. The molecule has 0 spiro atoms. The molecule has 6 nitrogen and oxygen atoms in total. The Hall–Kier alpha value is -2.00. The minimum absolute atomic E-state index is 0.0339. The van der Waals surface area contributed by atoms with Gasteiger partial charge in [0.1, 0.15) is 11.9 Å². The number of amides is 1. The summed E-state index contributed by atoms with van der Waals surface area (Å²) in [6, 6.07) is 12.7. The zero-order chi connectivity index (χ0) is 21.3. The van der Waals surface area contributed by atoms with Gasteiger partial charge in [0.05, 0.1) is 9.92 Å². The molecule has 1 amide bonds. The number of sulfonamides is 1. The molecule has 1 saturated carbocycles. The van der Waals surface area contributed by atoms with E-state index in [0.717, 1.165) is 30.5 Å². The highest BCUT2D eigenvalue weighted by atomic mass is 35.5. The Morgan fingerprint density at radius 1 is 1.07 bits per heavy atom. The van der Waals surface area contributed by atoms with Crippen LogP contribution in [0.5, 0.6) is 0 Å². The maximum atomic E-state index is 13.4. The van der Waals surface area contributed by atoms with Crippen molar-refractivity contribution in [1.82, 2.24) is 14.5 Å². The maximum Gasteiger partial charge on any atom is 0.243 e. The number of benzene rings is 2. The molecular weight excluding hydrogens is 429 g/mol. The minimum atomic E-state index is -3.79. The van der Waals surface area contributed by atoms with Gasteiger partial charge in [-0.25, -0.2) is 12.8 Å². The summed E-state index contributed by atoms with van der Waals surface area (Å²) in [6.07, 6.45) is 2.00. The van der Waals surface area contributed by atoms with Gasteiger partial charge in [0, 0.05) is 32.2 Å². The number of carbonyl (C=O) groups excluding carboxylic acids is 1. The van der Waals surface area contributed by atoms with Crippen molar-refractivity contribution in [3.8, 4) is 0 Å². The van der Waals surface area contributed by atoms with Crippen molar-refractivity contribution in [3.05, 3.63) is 64.9 Å². The molecule has 4 rings (SSSR count). The van der Waals surface area contributed by atoms with Crippen LogP contribution in [0.25, 0.3) is 0 Å². The van der Waals surface area contributed by atoms with Gasteiger partial charge in [0.2, 0.25) is 15.9 Å². The molecule has 1 saturated heterocycles. The molecule has 2 fully saturated rings. The van der Waals surface area contributed by atoms with Crippen molar-refractivity contribution in [3.63, 3.8) is 0 Å². The fourth-order valence-electron chi connectivity index (χ4n) is 3.66. The second-order valence-corrected chi connectivity index (χ2v) is 9.96. The van der Waals surface area contributed by atoms with E-state index >= 15 is 0 Å². The van der Waals surface area contributed by atoms with Gasteiger partial charge in [-0.1, -0.05) is 41.9 Å². The van der Waals surface area contributed by atoms with Gasteiger partial charge in [-0.3, -0.25) is 9.69 Å². The number of hydrogen-bond acceptors (Lipinski definition) is 4. The van der Waals surface area contributed by atoms with Gasteiger partial charge >= 0.3 is 0 Å². The number of halogens is 2. The van der Waals surface area contributed by atoms with E-state index in [0.29, 0.717) is 13.1 Å². The van der Waals surface area contributed by atoms with E-state index in [1.807, 2.05) is 35.2 Å². The molecule has 2 aromatic rings. The summed E-state index contributed by atoms with van der Waals surface area (Å²) >= 11 is 5.76. The average molecular weight is 452 g/mol. The van der Waals surface area contributed by atoms with Gasteiger partial charge < -0.3 is 5.32 Å². The van der Waals surface area contributed by atoms with E-state index in [-0.39, 0.29) is 35.0 Å². The van der Waals surface area contributed by atoms with Crippen LogP contribution in [0.2, 0.25) is 5.02 Å². The van der Waals surface area contributed by atoms with Crippen LogP contribution in [0.3, 0.4) is 0 Å². The summed E-state index contributed by atoms with van der Waals surface area (Å²) in [5, 5.41) is 2.84. The SMILES string of the molecule is O=C(NC1CC1)C(c1ccccc1)N1CCN(S(=O)(=O)c2ccc(F)c(Cl)c2)CC1. The van der Waals surface area contributed by atoms with Crippen LogP contribution in [0, 0.1) is 5.82 Å². The highest BCUT2D eigenvalue weighted by Crippen LogP contribution is 2.28. The topological polar surface area (TPSA) is 69.7 Å². The van der Waals surface area contributed by atoms with Crippen molar-refractivity contribution < 1.29 is 17.6 Å². The van der Waals surface area contributed by atoms with Crippen LogP contribution in [-0.2, 0) is 14.8 Å². The Balaban J connectivity index is 1.50. The number of piperazine rings is 1. The summed E-state index contributed by atoms with van der Waals surface area (Å²) < 4.78 is 40.6. The van der Waals surface area contributed by atoms with E-state index in [9.17, 15) is 17.6 Å². The largest absolute Gasteiger partial charge is 0.352 e. The predicted molar refractivity (Wildman–Crippen MR) is 112 cm³/mol. The van der Waals surface area contributed by atoms with Crippen molar-refractivity contribution >= 4 is 27.5 Å². The van der Waals surface area contributed by atoms with Gasteiger partial charge in [-0.2, -0.15) is 4.31 Å². The normalized spacial score (nSPS) is 19.4. The Bertz CT molecular complexity index is 1020. The van der Waals surface area contributed by atoms with Gasteiger partial charge in [-0.05, 0) is 36.6 Å². The number of carbonyl (C=O) groups is 1. The predicted octanol–water partition coefficient (Wildman–Crippen LogP) is 2.81. The maximum absolute atomic E-state index is 13.4. The quantitative estimate of drug-likeness (QED) is 0.733. The number of nitrogens with one attached hydrogen (secondary N) is 1. The van der Waals surface area contributed by atoms with Crippen LogP contribution in [0.1, 0.15) is 24.4 Å². The summed E-state index contributed by atoms with van der Waals surface area (Å²) in [5.41, 5.74) is 0.886. The molecule has 1 aliphatic carbocycles. The van der Waals surface area contributed by atoms with Crippen molar-refractivity contribution in [2.45, 2.75) is 29.8 Å². The molecule has 1 heterocycles. The Morgan fingerprint density at radius 3 is 2.33 bits per heavy atom. The second-order valence-electron chi connectivity index (χ2n) is 7.61. The van der Waals surface area contributed by atoms with Gasteiger partial charge in [-0.15, -0.1) is 0 Å². The molecule has 0 bridgehead atoms. The first-order valence-corrected chi connectivity index (χ1v) is 11.7. The lowest BCUT2D eigenvalue weighted by atomic mass is 10.0. The minimum Gasteiger partial charge on any atom is -0.352 e. The zero-order valence-corrected chi connectivity index (χ0v) is 17.9. The molecule has 1 aliphatic heterocycles. The summed E-state index contributed by atoms with van der Waals surface area (Å²) in [7, 11) is -3.79. The molecule has 0 radical (unpaired) electrons. The van der Waals surface area contributed by atoms with Crippen molar-refractivity contribution in [2.24, 2.45) is 0 Å². The third kappa shape index (κ3) is 4.51. The highest BCUT2D eigenvalue weighted by Gasteiger charge is 2.36. The van der Waals surface area contributed by atoms with E-state index in [1.165, 1.54) is 10.4 Å². The van der Waals surface area contributed by atoms with Crippen LogP contribution < -0.4 is 5.32 Å². The van der Waals surface area contributed by atoms with E-state index in [1.54, 1.807) is 0 Å². The lowest BCUT2D eigenvalue weighted by Crippen LogP contribution is -2.52. The Labute approximate surface area is 180 Å². The van der Waals surface area contributed by atoms with Crippen molar-refractivity contribution in [1.29, 1.82) is 0 Å². The molecule has 1 atom stereocenters. The Morgan fingerprint density at radius 2 is 1.73 bits per heavy atom. The molecule has 9 heteroatoms. The van der Waals surface area contributed by atoms with Crippen LogP contribution in [0.15, 0.2) is 53.4 Å².